The first kappa shape index (κ1) is 13.3. The zero-order valence-corrected chi connectivity index (χ0v) is 11.7. The second kappa shape index (κ2) is 5.70. The van der Waals surface area contributed by atoms with Gasteiger partial charge in [-0.05, 0) is 48.6 Å². The first-order valence-electron chi connectivity index (χ1n) is 6.99. The molecule has 0 spiro atoms. The van der Waals surface area contributed by atoms with E-state index in [0.29, 0.717) is 12.0 Å². The van der Waals surface area contributed by atoms with Gasteiger partial charge in [-0.2, -0.15) is 0 Å². The lowest BCUT2D eigenvalue weighted by molar-refractivity contribution is 0.232. The second-order valence-electron chi connectivity index (χ2n) is 5.88. The van der Waals surface area contributed by atoms with Crippen molar-refractivity contribution < 1.29 is 0 Å². The Morgan fingerprint density at radius 3 is 2.78 bits per heavy atom. The molecule has 0 bridgehead atoms. The van der Waals surface area contributed by atoms with Gasteiger partial charge in [0.2, 0.25) is 0 Å². The van der Waals surface area contributed by atoms with Crippen LogP contribution in [0.4, 0.5) is 5.69 Å². The Bertz CT molecular complexity index is 389. The first-order chi connectivity index (χ1) is 8.61. The molecule has 1 aromatic rings. The molecule has 100 valence electrons. The molecular formula is C15H25N3. The third kappa shape index (κ3) is 2.83. The summed E-state index contributed by atoms with van der Waals surface area (Å²) >= 11 is 0. The highest BCUT2D eigenvalue weighted by Gasteiger charge is 2.30. The highest BCUT2D eigenvalue weighted by atomic mass is 14.8. The second-order valence-corrected chi connectivity index (χ2v) is 5.88. The van der Waals surface area contributed by atoms with Crippen LogP contribution in [-0.2, 0) is 0 Å². The molecule has 0 aliphatic heterocycles. The maximum atomic E-state index is 6.25. The summed E-state index contributed by atoms with van der Waals surface area (Å²) in [6, 6.07) is 2.49. The summed E-state index contributed by atoms with van der Waals surface area (Å²) in [7, 11) is 1.96. The number of nitrogens with zero attached hydrogens (tertiary/aromatic N) is 1. The zero-order chi connectivity index (χ0) is 13.1. The van der Waals surface area contributed by atoms with Crippen molar-refractivity contribution in [2.45, 2.75) is 45.1 Å². The summed E-state index contributed by atoms with van der Waals surface area (Å²) in [4.78, 5) is 4.19. The quantitative estimate of drug-likeness (QED) is 0.863. The van der Waals surface area contributed by atoms with Crippen molar-refractivity contribution in [3.8, 4) is 0 Å². The van der Waals surface area contributed by atoms with Gasteiger partial charge in [-0.25, -0.2) is 0 Å². The molecule has 18 heavy (non-hydrogen) atoms. The number of hydrogen-bond donors (Lipinski definition) is 2. The molecule has 3 N–H and O–H groups in total. The fraction of sp³-hybridized carbons (Fsp3) is 0.667. The lowest BCUT2D eigenvalue weighted by atomic mass is 9.72. The van der Waals surface area contributed by atoms with Crippen LogP contribution in [-0.4, -0.2) is 18.1 Å². The molecule has 1 saturated carbocycles. The minimum absolute atomic E-state index is 0.342. The van der Waals surface area contributed by atoms with E-state index in [1.807, 2.05) is 19.4 Å². The van der Waals surface area contributed by atoms with E-state index in [9.17, 15) is 0 Å². The highest BCUT2D eigenvalue weighted by molar-refractivity contribution is 5.50. The van der Waals surface area contributed by atoms with Crippen molar-refractivity contribution in [2.24, 2.45) is 17.6 Å². The van der Waals surface area contributed by atoms with Gasteiger partial charge in [0.1, 0.15) is 0 Å². The Labute approximate surface area is 110 Å². The lowest BCUT2D eigenvalue weighted by Gasteiger charge is -2.36. The van der Waals surface area contributed by atoms with Gasteiger partial charge in [0, 0.05) is 19.3 Å². The predicted molar refractivity (Wildman–Crippen MR) is 76.7 cm³/mol. The Hall–Kier alpha value is -1.09. The zero-order valence-electron chi connectivity index (χ0n) is 11.7. The van der Waals surface area contributed by atoms with E-state index < -0.39 is 0 Å². The number of nitrogens with one attached hydrogen (secondary N) is 1. The molecule has 3 heteroatoms. The maximum absolute atomic E-state index is 6.25. The molecule has 0 amide bonds. The monoisotopic (exact) mass is 247 g/mol. The number of aromatic nitrogens is 1. The van der Waals surface area contributed by atoms with Gasteiger partial charge in [-0.1, -0.05) is 13.8 Å². The largest absolute Gasteiger partial charge is 0.387 e. The number of pyridine rings is 1. The highest BCUT2D eigenvalue weighted by Crippen LogP contribution is 2.40. The van der Waals surface area contributed by atoms with Crippen molar-refractivity contribution in [1.29, 1.82) is 0 Å². The number of anilines is 1. The third-order valence-corrected chi connectivity index (χ3v) is 4.29. The van der Waals surface area contributed by atoms with E-state index >= 15 is 0 Å². The summed E-state index contributed by atoms with van der Waals surface area (Å²) in [6.07, 6.45) is 7.33. The minimum atomic E-state index is 0.342. The molecule has 1 aliphatic carbocycles. The average Bonchev–Trinajstić information content (AvgIpc) is 2.38. The van der Waals surface area contributed by atoms with Crippen molar-refractivity contribution in [3.63, 3.8) is 0 Å². The van der Waals surface area contributed by atoms with Gasteiger partial charge in [0.15, 0.2) is 0 Å². The fourth-order valence-electron chi connectivity index (χ4n) is 3.18. The van der Waals surface area contributed by atoms with Gasteiger partial charge < -0.3 is 11.1 Å². The van der Waals surface area contributed by atoms with E-state index in [1.54, 1.807) is 0 Å². The van der Waals surface area contributed by atoms with E-state index in [-0.39, 0.29) is 0 Å². The van der Waals surface area contributed by atoms with Crippen LogP contribution in [0.2, 0.25) is 0 Å². The van der Waals surface area contributed by atoms with E-state index in [4.69, 9.17) is 5.73 Å². The van der Waals surface area contributed by atoms with Gasteiger partial charge >= 0.3 is 0 Å². The minimum Gasteiger partial charge on any atom is -0.387 e. The summed E-state index contributed by atoms with van der Waals surface area (Å²) in [5, 5.41) is 3.25. The molecule has 1 aliphatic rings. The van der Waals surface area contributed by atoms with E-state index in [1.165, 1.54) is 18.4 Å². The van der Waals surface area contributed by atoms with Crippen LogP contribution < -0.4 is 11.1 Å². The molecule has 0 radical (unpaired) electrons. The van der Waals surface area contributed by atoms with Crippen LogP contribution in [0, 0.1) is 11.8 Å². The molecular weight excluding hydrogens is 222 g/mol. The van der Waals surface area contributed by atoms with Gasteiger partial charge in [0.05, 0.1) is 11.9 Å². The van der Waals surface area contributed by atoms with Gasteiger partial charge in [-0.15, -0.1) is 0 Å². The Kier molecular flexibility index (Phi) is 4.23. The van der Waals surface area contributed by atoms with Crippen LogP contribution in [0.3, 0.4) is 0 Å². The predicted octanol–water partition coefficient (Wildman–Crippen LogP) is 2.99. The first-order valence-corrected chi connectivity index (χ1v) is 6.99. The van der Waals surface area contributed by atoms with E-state index in [2.05, 4.69) is 30.2 Å². The maximum Gasteiger partial charge on any atom is 0.0559 e. The van der Waals surface area contributed by atoms with Crippen molar-refractivity contribution in [3.05, 3.63) is 24.0 Å². The third-order valence-electron chi connectivity index (χ3n) is 4.29. The van der Waals surface area contributed by atoms with E-state index in [0.717, 1.165) is 23.9 Å². The lowest BCUT2D eigenvalue weighted by Crippen LogP contribution is -2.34. The van der Waals surface area contributed by atoms with Crippen molar-refractivity contribution in [2.75, 3.05) is 12.4 Å². The molecule has 2 rings (SSSR count). The molecule has 2 unspecified atom stereocenters. The van der Waals surface area contributed by atoms with Crippen LogP contribution in [0.1, 0.15) is 44.6 Å². The molecule has 3 nitrogen and oxygen atoms in total. The van der Waals surface area contributed by atoms with Crippen LogP contribution >= 0.6 is 0 Å². The van der Waals surface area contributed by atoms with Crippen molar-refractivity contribution in [1.82, 2.24) is 4.98 Å². The topological polar surface area (TPSA) is 50.9 Å². The average molecular weight is 247 g/mol. The van der Waals surface area contributed by atoms with Gasteiger partial charge in [0.25, 0.3) is 0 Å². The standard InChI is InChI=1S/C15H25N3/c1-10(2)11-6-12(8-13(16)7-11)14-4-5-18-9-15(14)17-3/h4-5,9-13,17H,6-8,16H2,1-3H3/t11?,12?,13-/m0/s1. The number of hydrogen-bond acceptors (Lipinski definition) is 3. The van der Waals surface area contributed by atoms with Crippen LogP contribution in [0.15, 0.2) is 18.5 Å². The fourth-order valence-corrected chi connectivity index (χ4v) is 3.18. The summed E-state index contributed by atoms with van der Waals surface area (Å²) in [5.74, 6) is 2.04. The number of rotatable bonds is 3. The molecule has 3 atom stereocenters. The molecule has 0 saturated heterocycles. The SMILES string of the molecule is CNc1cnccc1C1CC(C(C)C)C[C@H](N)C1. The normalized spacial score (nSPS) is 28.4. The number of nitrogens with two attached hydrogens (primary N) is 1. The van der Waals surface area contributed by atoms with Crippen molar-refractivity contribution >= 4 is 5.69 Å². The molecule has 1 aromatic heterocycles. The Morgan fingerprint density at radius 1 is 1.33 bits per heavy atom. The molecule has 0 aromatic carbocycles. The molecule has 1 heterocycles. The van der Waals surface area contributed by atoms with Crippen LogP contribution in [0.25, 0.3) is 0 Å². The Morgan fingerprint density at radius 2 is 2.11 bits per heavy atom. The Balaban J connectivity index is 2.21. The smallest absolute Gasteiger partial charge is 0.0559 e. The summed E-state index contributed by atoms with van der Waals surface area (Å²) in [5.41, 5.74) is 8.78. The summed E-state index contributed by atoms with van der Waals surface area (Å²) in [6.45, 7) is 4.62. The van der Waals surface area contributed by atoms with Crippen LogP contribution in [0.5, 0.6) is 0 Å². The van der Waals surface area contributed by atoms with Gasteiger partial charge in [-0.3, -0.25) is 4.98 Å². The summed E-state index contributed by atoms with van der Waals surface area (Å²) < 4.78 is 0. The molecule has 1 fully saturated rings.